The van der Waals surface area contributed by atoms with Gasteiger partial charge in [0.2, 0.25) is 5.75 Å². The van der Waals surface area contributed by atoms with E-state index in [9.17, 15) is 24.8 Å². The second-order valence-corrected chi connectivity index (χ2v) is 6.44. The normalized spacial score (nSPS) is 18.6. The highest BCUT2D eigenvalue weighted by atomic mass is 16.6. The number of aromatic hydroxyl groups is 1. The molecule has 0 saturated carbocycles. The number of carbonyl (C=O) groups is 1. The predicted octanol–water partition coefficient (Wildman–Crippen LogP) is 1.89. The van der Waals surface area contributed by atoms with E-state index in [1.807, 2.05) is 0 Å². The molecule has 140 valence electrons. The number of nitrogens with one attached hydrogen (secondary N) is 3. The van der Waals surface area contributed by atoms with Crippen molar-refractivity contribution in [2.24, 2.45) is 0 Å². The molecule has 0 saturated heterocycles. The summed E-state index contributed by atoms with van der Waals surface area (Å²) in [5.74, 6) is -1.20. The molecule has 0 radical (unpaired) electrons. The number of methoxy groups -OCH3 is 1. The van der Waals surface area contributed by atoms with E-state index < -0.39 is 27.8 Å². The molecule has 4 N–H and O–H groups in total. The molecule has 2 heterocycles. The Morgan fingerprint density at radius 1 is 1.26 bits per heavy atom. The number of ether oxygens (including phenoxy) is 1. The summed E-state index contributed by atoms with van der Waals surface area (Å²) < 4.78 is 5.07. The van der Waals surface area contributed by atoms with Crippen molar-refractivity contribution >= 4 is 17.3 Å². The summed E-state index contributed by atoms with van der Waals surface area (Å²) in [5, 5.41) is 29.7. The average Bonchev–Trinajstić information content (AvgIpc) is 3.01. The SMILES string of the molecule is COc1cc(C2C3=C(CCCC3=O)Nc3[nH][nH]c(=O)c32)cc([N+](=O)[O-])c1O. The summed E-state index contributed by atoms with van der Waals surface area (Å²) in [5.41, 5.74) is 0.719. The smallest absolute Gasteiger partial charge is 0.314 e. The minimum atomic E-state index is -0.799. The van der Waals surface area contributed by atoms with Gasteiger partial charge in [-0.1, -0.05) is 0 Å². The van der Waals surface area contributed by atoms with Crippen LogP contribution in [0.15, 0.2) is 28.2 Å². The third-order valence-corrected chi connectivity index (χ3v) is 4.95. The molecule has 1 aliphatic carbocycles. The number of Topliss-reactive ketones (excluding diaryl/α,β-unsaturated/α-hetero) is 1. The van der Waals surface area contributed by atoms with Crippen molar-refractivity contribution in [2.75, 3.05) is 12.4 Å². The highest BCUT2D eigenvalue weighted by Crippen LogP contribution is 2.47. The number of aromatic amines is 2. The van der Waals surface area contributed by atoms with Crippen LogP contribution in [0.2, 0.25) is 0 Å². The lowest BCUT2D eigenvalue weighted by molar-refractivity contribution is -0.386. The van der Waals surface area contributed by atoms with E-state index in [4.69, 9.17) is 4.74 Å². The molecule has 10 nitrogen and oxygen atoms in total. The van der Waals surface area contributed by atoms with Crippen LogP contribution in [-0.4, -0.2) is 33.1 Å². The standard InChI is InChI=1S/C17H16N4O6/c1-27-11-6-7(5-9(15(11)23)21(25)26)12-13-8(3-2-4-10(13)22)18-16-14(12)17(24)20-19-16/h5-6,12,23H,2-4H2,1H3,(H3,18,19,20,24). The zero-order chi connectivity index (χ0) is 19.3. The second-order valence-electron chi connectivity index (χ2n) is 6.44. The Bertz CT molecular complexity index is 1060. The fourth-order valence-electron chi connectivity index (χ4n) is 3.77. The summed E-state index contributed by atoms with van der Waals surface area (Å²) in [7, 11) is 1.27. The van der Waals surface area contributed by atoms with E-state index in [2.05, 4.69) is 15.5 Å². The highest BCUT2D eigenvalue weighted by Gasteiger charge is 2.39. The minimum Gasteiger partial charge on any atom is -0.500 e. The van der Waals surface area contributed by atoms with Gasteiger partial charge >= 0.3 is 5.69 Å². The van der Waals surface area contributed by atoms with Gasteiger partial charge in [0.05, 0.1) is 17.6 Å². The number of aromatic nitrogens is 2. The number of phenolic OH excluding ortho intramolecular Hbond substituents is 1. The fraction of sp³-hybridized carbons (Fsp3) is 0.294. The van der Waals surface area contributed by atoms with Crippen molar-refractivity contribution in [3.8, 4) is 11.5 Å². The largest absolute Gasteiger partial charge is 0.500 e. The van der Waals surface area contributed by atoms with Gasteiger partial charge in [0.15, 0.2) is 11.5 Å². The van der Waals surface area contributed by atoms with Gasteiger partial charge in [0.25, 0.3) is 5.56 Å². The Labute approximate surface area is 152 Å². The zero-order valence-electron chi connectivity index (χ0n) is 14.3. The first-order valence-electron chi connectivity index (χ1n) is 8.31. The zero-order valence-corrected chi connectivity index (χ0v) is 14.3. The lowest BCUT2D eigenvalue weighted by Gasteiger charge is -2.31. The molecular formula is C17H16N4O6. The van der Waals surface area contributed by atoms with Gasteiger partial charge in [0.1, 0.15) is 5.82 Å². The van der Waals surface area contributed by atoms with Crippen LogP contribution in [0, 0.1) is 10.1 Å². The average molecular weight is 372 g/mol. The van der Waals surface area contributed by atoms with Crippen LogP contribution in [0.1, 0.15) is 36.3 Å². The molecule has 1 aliphatic heterocycles. The lowest BCUT2D eigenvalue weighted by atomic mass is 9.76. The van der Waals surface area contributed by atoms with Crippen molar-refractivity contribution in [1.29, 1.82) is 0 Å². The van der Waals surface area contributed by atoms with Crippen LogP contribution < -0.4 is 15.6 Å². The molecule has 1 aromatic carbocycles. The van der Waals surface area contributed by atoms with Gasteiger partial charge in [0, 0.05) is 29.7 Å². The first kappa shape index (κ1) is 16.9. The van der Waals surface area contributed by atoms with Crippen LogP contribution in [0.4, 0.5) is 11.5 Å². The second kappa shape index (κ2) is 6.01. The number of fused-ring (bicyclic) bond motifs is 1. The van der Waals surface area contributed by atoms with Gasteiger partial charge in [-0.15, -0.1) is 0 Å². The Kier molecular flexibility index (Phi) is 3.76. The fourth-order valence-corrected chi connectivity index (χ4v) is 3.77. The van der Waals surface area contributed by atoms with Gasteiger partial charge in [-0.05, 0) is 24.5 Å². The number of nitro groups is 1. The van der Waals surface area contributed by atoms with Crippen LogP contribution in [0.3, 0.4) is 0 Å². The summed E-state index contributed by atoms with van der Waals surface area (Å²) in [4.78, 5) is 35.7. The number of nitrogens with zero attached hydrogens (tertiary/aromatic N) is 1. The van der Waals surface area contributed by atoms with Crippen molar-refractivity contribution in [2.45, 2.75) is 25.2 Å². The lowest BCUT2D eigenvalue weighted by Crippen LogP contribution is -2.29. The molecule has 0 bridgehead atoms. The number of nitro benzene ring substituents is 1. The number of allylic oxidation sites excluding steroid dienone is 2. The van der Waals surface area contributed by atoms with E-state index in [1.54, 1.807) is 0 Å². The molecule has 1 aromatic heterocycles. The Hall–Kier alpha value is -3.56. The number of rotatable bonds is 3. The molecule has 0 amide bonds. The quantitative estimate of drug-likeness (QED) is 0.474. The molecule has 1 atom stereocenters. The number of hydrogen-bond donors (Lipinski definition) is 4. The first-order valence-corrected chi connectivity index (χ1v) is 8.31. The number of ketones is 1. The Morgan fingerprint density at radius 2 is 2.04 bits per heavy atom. The summed E-state index contributed by atoms with van der Waals surface area (Å²) in [6.45, 7) is 0. The molecular weight excluding hydrogens is 356 g/mol. The van der Waals surface area contributed by atoms with E-state index in [-0.39, 0.29) is 17.1 Å². The molecule has 2 aromatic rings. The Balaban J connectivity index is 2.01. The Morgan fingerprint density at radius 3 is 2.74 bits per heavy atom. The van der Waals surface area contributed by atoms with E-state index in [0.717, 1.165) is 0 Å². The molecule has 0 spiro atoms. The van der Waals surface area contributed by atoms with Crippen molar-refractivity contribution < 1.29 is 19.6 Å². The van der Waals surface area contributed by atoms with E-state index >= 15 is 0 Å². The predicted molar refractivity (Wildman–Crippen MR) is 94.1 cm³/mol. The van der Waals surface area contributed by atoms with Crippen molar-refractivity contribution in [3.05, 3.63) is 55.0 Å². The van der Waals surface area contributed by atoms with Crippen LogP contribution in [0.5, 0.6) is 11.5 Å². The third kappa shape index (κ3) is 2.48. The van der Waals surface area contributed by atoms with Crippen LogP contribution >= 0.6 is 0 Å². The maximum atomic E-state index is 12.7. The minimum absolute atomic E-state index is 0.100. The maximum Gasteiger partial charge on any atom is 0.314 e. The van der Waals surface area contributed by atoms with Gasteiger partial charge in [-0.2, -0.15) is 0 Å². The van der Waals surface area contributed by atoms with Crippen LogP contribution in [0.25, 0.3) is 0 Å². The molecule has 1 unspecified atom stereocenters. The van der Waals surface area contributed by atoms with Gasteiger partial charge in [-0.25, -0.2) is 0 Å². The third-order valence-electron chi connectivity index (χ3n) is 4.95. The number of benzene rings is 1. The highest BCUT2D eigenvalue weighted by molar-refractivity contribution is 6.01. The summed E-state index contributed by atoms with van der Waals surface area (Å²) in [6, 6.07) is 2.59. The van der Waals surface area contributed by atoms with Crippen molar-refractivity contribution in [3.63, 3.8) is 0 Å². The number of phenols is 1. The molecule has 4 rings (SSSR count). The topological polar surface area (TPSA) is 150 Å². The molecule has 27 heavy (non-hydrogen) atoms. The first-order chi connectivity index (χ1) is 12.9. The summed E-state index contributed by atoms with van der Waals surface area (Å²) in [6.07, 6.45) is 1.65. The van der Waals surface area contributed by atoms with Crippen molar-refractivity contribution in [1.82, 2.24) is 10.2 Å². The maximum absolute atomic E-state index is 12.7. The van der Waals surface area contributed by atoms with E-state index in [0.29, 0.717) is 41.9 Å². The number of H-pyrrole nitrogens is 2. The van der Waals surface area contributed by atoms with Gasteiger partial charge in [-0.3, -0.25) is 29.9 Å². The number of carbonyl (C=O) groups excluding carboxylic acids is 1. The monoisotopic (exact) mass is 372 g/mol. The molecule has 2 aliphatic rings. The molecule has 0 fully saturated rings. The van der Waals surface area contributed by atoms with Gasteiger partial charge < -0.3 is 15.2 Å². The summed E-state index contributed by atoms with van der Waals surface area (Å²) >= 11 is 0. The number of hydrogen-bond acceptors (Lipinski definition) is 7. The number of anilines is 1. The van der Waals surface area contributed by atoms with Crippen LogP contribution in [-0.2, 0) is 4.79 Å². The van der Waals surface area contributed by atoms with E-state index in [1.165, 1.54) is 19.2 Å². The molecule has 10 heteroatoms.